The Balaban J connectivity index is 1.31. The summed E-state index contributed by atoms with van der Waals surface area (Å²) < 4.78 is 1.98. The first kappa shape index (κ1) is 24.9. The topological polar surface area (TPSA) is 87.3 Å². The van der Waals surface area contributed by atoms with Gasteiger partial charge in [0.1, 0.15) is 12.2 Å². The first-order valence-electron chi connectivity index (χ1n) is 13.4. The van der Waals surface area contributed by atoms with Crippen molar-refractivity contribution in [2.75, 3.05) is 13.1 Å². The molecular weight excluding hydrogens is 484 g/mol. The molecule has 0 radical (unpaired) electrons. The number of likely N-dealkylation sites (tertiary alicyclic amines) is 1. The molecule has 1 saturated heterocycles. The molecule has 1 aliphatic heterocycles. The summed E-state index contributed by atoms with van der Waals surface area (Å²) in [6.45, 7) is 4.93. The molecule has 6 rings (SSSR count). The average Bonchev–Trinajstić information content (AvgIpc) is 3.53. The zero-order valence-electron chi connectivity index (χ0n) is 22.3. The third kappa shape index (κ3) is 5.28. The van der Waals surface area contributed by atoms with Crippen LogP contribution in [0.3, 0.4) is 0 Å². The molecule has 1 fully saturated rings. The van der Waals surface area contributed by atoms with E-state index in [1.54, 1.807) is 12.5 Å². The number of pyridine rings is 2. The van der Waals surface area contributed by atoms with Gasteiger partial charge in [0, 0.05) is 48.4 Å². The molecule has 8 heteroatoms. The van der Waals surface area contributed by atoms with Crippen LogP contribution in [0.1, 0.15) is 37.1 Å². The van der Waals surface area contributed by atoms with Gasteiger partial charge in [0.15, 0.2) is 5.49 Å². The molecule has 0 saturated carbocycles. The van der Waals surface area contributed by atoms with E-state index >= 15 is 0 Å². The Kier molecular flexibility index (Phi) is 7.10. The largest absolute Gasteiger partial charge is 0.334 e. The third-order valence-corrected chi connectivity index (χ3v) is 7.48. The van der Waals surface area contributed by atoms with E-state index < -0.39 is 0 Å². The van der Waals surface area contributed by atoms with Crippen molar-refractivity contribution in [3.63, 3.8) is 0 Å². The van der Waals surface area contributed by atoms with Crippen LogP contribution < -0.4 is 5.49 Å². The maximum absolute atomic E-state index is 5.16. The Morgan fingerprint density at radius 3 is 2.51 bits per heavy atom. The second-order valence-electron chi connectivity index (χ2n) is 10.0. The van der Waals surface area contributed by atoms with Crippen molar-refractivity contribution in [2.45, 2.75) is 32.2 Å². The number of rotatable bonds is 6. The molecule has 5 aromatic rings. The van der Waals surface area contributed by atoms with Crippen LogP contribution in [-0.2, 0) is 13.6 Å². The summed E-state index contributed by atoms with van der Waals surface area (Å²) in [5.74, 6) is 1.49. The van der Waals surface area contributed by atoms with Crippen molar-refractivity contribution in [1.82, 2.24) is 29.6 Å². The van der Waals surface area contributed by atoms with Gasteiger partial charge in [-0.25, -0.2) is 9.97 Å². The molecule has 0 amide bonds. The van der Waals surface area contributed by atoms with Gasteiger partial charge in [-0.05, 0) is 56.1 Å². The van der Waals surface area contributed by atoms with E-state index in [2.05, 4.69) is 84.9 Å². The van der Waals surface area contributed by atoms with Gasteiger partial charge in [-0.3, -0.25) is 10.00 Å². The van der Waals surface area contributed by atoms with Gasteiger partial charge in [0.25, 0.3) is 0 Å². The molecule has 0 bridgehead atoms. The van der Waals surface area contributed by atoms with Crippen LogP contribution >= 0.6 is 0 Å². The van der Waals surface area contributed by atoms with E-state index in [-0.39, 0.29) is 0 Å². The van der Waals surface area contributed by atoms with Crippen molar-refractivity contribution in [3.05, 3.63) is 96.1 Å². The monoisotopic (exact) mass is 516 g/mol. The van der Waals surface area contributed by atoms with Gasteiger partial charge in [-0.1, -0.05) is 54.6 Å². The van der Waals surface area contributed by atoms with Crippen LogP contribution in [0.5, 0.6) is 0 Å². The van der Waals surface area contributed by atoms with Crippen LogP contribution in [0, 0.1) is 0 Å². The molecule has 0 spiro atoms. The summed E-state index contributed by atoms with van der Waals surface area (Å²) in [6, 6.07) is 23.5. The molecule has 1 aliphatic rings. The highest BCUT2D eigenvalue weighted by Gasteiger charge is 2.22. The summed E-state index contributed by atoms with van der Waals surface area (Å²) in [7, 11) is 1.98. The SMILES string of the molecule is C/C=N/N=c1/c2cc(-c3ccccc3)c(-c3ccc(CN4CCC(c5ncn[nH]5)CC4)cc3)nc2ccn1C. The standard InChI is InChI=1S/C31H32N8/c1-3-33-37-31-27-19-26(23-7-5-4-6-8-23)29(35-28(27)15-16-38(31)2)24-11-9-22(10-12-24)20-39-17-13-25(14-18-39)30-32-21-34-36-30/h3-12,15-16,19,21,25H,13-14,17-18,20H2,1-2H3,(H,32,34,36)/b33-3+,37-31-. The molecule has 2 aromatic carbocycles. The zero-order chi connectivity index (χ0) is 26.6. The minimum Gasteiger partial charge on any atom is -0.334 e. The summed E-state index contributed by atoms with van der Waals surface area (Å²) >= 11 is 0. The number of H-pyrrole nitrogens is 1. The molecule has 1 N–H and O–H groups in total. The summed E-state index contributed by atoms with van der Waals surface area (Å²) in [5.41, 5.74) is 7.25. The van der Waals surface area contributed by atoms with Crippen LogP contribution in [0.2, 0.25) is 0 Å². The van der Waals surface area contributed by atoms with E-state index in [1.807, 2.05) is 36.9 Å². The molecule has 4 heterocycles. The lowest BCUT2D eigenvalue weighted by Gasteiger charge is -2.30. The zero-order valence-corrected chi connectivity index (χ0v) is 22.3. The van der Waals surface area contributed by atoms with Crippen molar-refractivity contribution in [1.29, 1.82) is 0 Å². The summed E-state index contributed by atoms with van der Waals surface area (Å²) in [4.78, 5) is 12.0. The van der Waals surface area contributed by atoms with Crippen LogP contribution in [0.4, 0.5) is 0 Å². The van der Waals surface area contributed by atoms with Crippen molar-refractivity contribution < 1.29 is 0 Å². The van der Waals surface area contributed by atoms with E-state index in [4.69, 9.17) is 4.98 Å². The Morgan fingerprint density at radius 1 is 1.00 bits per heavy atom. The molecule has 3 aromatic heterocycles. The number of hydrogen-bond donors (Lipinski definition) is 1. The number of aromatic amines is 1. The molecular formula is C31H32N8. The Morgan fingerprint density at radius 2 is 1.79 bits per heavy atom. The number of aromatic nitrogens is 5. The van der Waals surface area contributed by atoms with E-state index in [0.717, 1.165) is 77.1 Å². The van der Waals surface area contributed by atoms with Crippen molar-refractivity contribution >= 4 is 17.1 Å². The van der Waals surface area contributed by atoms with Gasteiger partial charge in [-0.2, -0.15) is 10.2 Å². The minimum absolute atomic E-state index is 0.478. The summed E-state index contributed by atoms with van der Waals surface area (Å²) in [5, 5.41) is 16.6. The van der Waals surface area contributed by atoms with Crippen LogP contribution in [-0.4, -0.2) is 48.9 Å². The second kappa shape index (κ2) is 11.1. The summed E-state index contributed by atoms with van der Waals surface area (Å²) in [6.07, 6.45) is 7.49. The average molecular weight is 517 g/mol. The van der Waals surface area contributed by atoms with Gasteiger partial charge < -0.3 is 4.57 Å². The van der Waals surface area contributed by atoms with E-state index in [1.165, 1.54) is 5.56 Å². The van der Waals surface area contributed by atoms with Crippen LogP contribution in [0.15, 0.2) is 89.5 Å². The fourth-order valence-electron chi connectivity index (χ4n) is 5.37. The highest BCUT2D eigenvalue weighted by atomic mass is 15.2. The van der Waals surface area contributed by atoms with Crippen molar-refractivity contribution in [3.8, 4) is 22.4 Å². The Labute approximate surface area is 227 Å². The Hall–Kier alpha value is -4.43. The molecule has 196 valence electrons. The maximum Gasteiger partial charge on any atom is 0.164 e. The van der Waals surface area contributed by atoms with Crippen LogP contribution in [0.25, 0.3) is 33.3 Å². The number of nitrogens with one attached hydrogen (secondary N) is 1. The quantitative estimate of drug-likeness (QED) is 0.245. The number of piperidine rings is 1. The molecule has 0 aliphatic carbocycles. The van der Waals surface area contributed by atoms with Gasteiger partial charge in [0.05, 0.1) is 11.2 Å². The predicted molar refractivity (Wildman–Crippen MR) is 155 cm³/mol. The lowest BCUT2D eigenvalue weighted by Crippen LogP contribution is -2.32. The Bertz CT molecular complexity index is 1640. The maximum atomic E-state index is 5.16. The number of benzene rings is 2. The van der Waals surface area contributed by atoms with E-state index in [9.17, 15) is 0 Å². The normalized spacial score (nSPS) is 15.5. The lowest BCUT2D eigenvalue weighted by atomic mass is 9.95. The fraction of sp³-hybridized carbons (Fsp3) is 0.258. The smallest absolute Gasteiger partial charge is 0.164 e. The molecule has 39 heavy (non-hydrogen) atoms. The van der Waals surface area contributed by atoms with Gasteiger partial charge >= 0.3 is 0 Å². The number of nitrogens with zero attached hydrogens (tertiary/aromatic N) is 7. The fourth-order valence-corrected chi connectivity index (χ4v) is 5.37. The predicted octanol–water partition coefficient (Wildman–Crippen LogP) is 5.31. The number of aryl methyl sites for hydroxylation is 1. The first-order valence-corrected chi connectivity index (χ1v) is 13.4. The second-order valence-corrected chi connectivity index (χ2v) is 10.0. The highest BCUT2D eigenvalue weighted by Crippen LogP contribution is 2.33. The molecule has 0 unspecified atom stereocenters. The van der Waals surface area contributed by atoms with Gasteiger partial charge in [0.2, 0.25) is 0 Å². The number of hydrogen-bond acceptors (Lipinski definition) is 6. The molecule has 0 atom stereocenters. The number of fused-ring (bicyclic) bond motifs is 1. The van der Waals surface area contributed by atoms with Gasteiger partial charge in [-0.15, -0.1) is 5.10 Å². The third-order valence-electron chi connectivity index (χ3n) is 7.48. The van der Waals surface area contributed by atoms with E-state index in [0.29, 0.717) is 5.92 Å². The highest BCUT2D eigenvalue weighted by molar-refractivity contribution is 5.91. The van der Waals surface area contributed by atoms with Crippen molar-refractivity contribution in [2.24, 2.45) is 17.3 Å². The molecule has 8 nitrogen and oxygen atoms in total. The minimum atomic E-state index is 0.478. The first-order chi connectivity index (χ1) is 19.2. The lowest BCUT2D eigenvalue weighted by molar-refractivity contribution is 0.202.